The normalized spacial score (nSPS) is 12.6. The number of rotatable bonds is 4. The Morgan fingerprint density at radius 2 is 2.14 bits per heavy atom. The summed E-state index contributed by atoms with van der Waals surface area (Å²) in [5, 5.41) is 11.8. The topological polar surface area (TPSA) is 32.3 Å². The van der Waals surface area contributed by atoms with Gasteiger partial charge in [0.05, 0.1) is 11.8 Å². The lowest BCUT2D eigenvalue weighted by atomic mass is 10.2. The van der Waals surface area contributed by atoms with Gasteiger partial charge >= 0.3 is 0 Å². The van der Waals surface area contributed by atoms with Crippen LogP contribution in [0.1, 0.15) is 13.3 Å². The van der Waals surface area contributed by atoms with Crippen molar-refractivity contribution < 1.29 is 13.9 Å². The number of hydrogen-bond acceptors (Lipinski definition) is 2. The average Bonchev–Trinajstić information content (AvgIpc) is 2.19. The first-order valence-electron chi connectivity index (χ1n) is 4.50. The molecule has 0 spiro atoms. The molecule has 0 heterocycles. The molecule has 1 rings (SSSR count). The number of anilines is 1. The molecular weight excluding hydrogens is 188 g/mol. The number of nitrogens with one attached hydrogen (secondary N) is 1. The van der Waals surface area contributed by atoms with Crippen LogP contribution in [0, 0.1) is 11.6 Å². The molecule has 0 saturated carbocycles. The molecule has 1 unspecified atom stereocenters. The second-order valence-corrected chi connectivity index (χ2v) is 3.07. The molecule has 4 heteroatoms. The maximum atomic E-state index is 13.0. The molecule has 0 aliphatic heterocycles. The smallest absolute Gasteiger partial charge is 0.146 e. The largest absolute Gasteiger partial charge is 0.391 e. The molecular formula is C10H13F2NO. The summed E-state index contributed by atoms with van der Waals surface area (Å²) in [4.78, 5) is 0. The molecule has 0 aliphatic carbocycles. The maximum absolute atomic E-state index is 13.0. The lowest BCUT2D eigenvalue weighted by Crippen LogP contribution is -2.18. The van der Waals surface area contributed by atoms with Crippen molar-refractivity contribution in [3.63, 3.8) is 0 Å². The molecule has 78 valence electrons. The van der Waals surface area contributed by atoms with E-state index in [4.69, 9.17) is 0 Å². The first kappa shape index (κ1) is 10.9. The monoisotopic (exact) mass is 201 g/mol. The van der Waals surface area contributed by atoms with E-state index in [1.165, 1.54) is 0 Å². The first-order chi connectivity index (χ1) is 6.63. The van der Waals surface area contributed by atoms with Crippen LogP contribution in [0.15, 0.2) is 18.2 Å². The van der Waals surface area contributed by atoms with Gasteiger partial charge in [-0.25, -0.2) is 8.78 Å². The first-order valence-corrected chi connectivity index (χ1v) is 4.50. The fourth-order valence-electron chi connectivity index (χ4n) is 1.01. The highest BCUT2D eigenvalue weighted by molar-refractivity contribution is 5.44. The van der Waals surface area contributed by atoms with Gasteiger partial charge in [-0.05, 0) is 24.6 Å². The zero-order valence-electron chi connectivity index (χ0n) is 7.93. The summed E-state index contributed by atoms with van der Waals surface area (Å²) in [6.07, 6.45) is 0.0295. The van der Waals surface area contributed by atoms with Crippen molar-refractivity contribution in [2.45, 2.75) is 19.4 Å². The highest BCUT2D eigenvalue weighted by atomic mass is 19.1. The average molecular weight is 201 g/mol. The SMILES string of the molecule is CCC(O)CNc1cc(F)ccc1F. The van der Waals surface area contributed by atoms with Gasteiger partial charge in [0.25, 0.3) is 0 Å². The molecule has 2 nitrogen and oxygen atoms in total. The van der Waals surface area contributed by atoms with Crippen molar-refractivity contribution >= 4 is 5.69 Å². The van der Waals surface area contributed by atoms with E-state index in [1.807, 2.05) is 6.92 Å². The zero-order valence-corrected chi connectivity index (χ0v) is 7.93. The molecule has 0 aromatic heterocycles. The summed E-state index contributed by atoms with van der Waals surface area (Å²) in [6, 6.07) is 3.17. The second kappa shape index (κ2) is 4.91. The Morgan fingerprint density at radius 1 is 1.43 bits per heavy atom. The van der Waals surface area contributed by atoms with Gasteiger partial charge in [-0.15, -0.1) is 0 Å². The summed E-state index contributed by atoms with van der Waals surface area (Å²) in [6.45, 7) is 2.03. The number of benzene rings is 1. The van der Waals surface area contributed by atoms with E-state index in [2.05, 4.69) is 5.32 Å². The maximum Gasteiger partial charge on any atom is 0.146 e. The van der Waals surface area contributed by atoms with Crippen molar-refractivity contribution in [1.82, 2.24) is 0 Å². The minimum atomic E-state index is -0.544. The molecule has 1 aromatic carbocycles. The van der Waals surface area contributed by atoms with Crippen LogP contribution in [0.25, 0.3) is 0 Å². The molecule has 0 aliphatic rings. The van der Waals surface area contributed by atoms with Gasteiger partial charge in [0.1, 0.15) is 11.6 Å². The second-order valence-electron chi connectivity index (χ2n) is 3.07. The Hall–Kier alpha value is -1.16. The summed E-state index contributed by atoms with van der Waals surface area (Å²) < 4.78 is 25.7. The van der Waals surface area contributed by atoms with Crippen molar-refractivity contribution in [2.24, 2.45) is 0 Å². The summed E-state index contributed by atoms with van der Waals surface area (Å²) in [5.41, 5.74) is 0.0810. The quantitative estimate of drug-likeness (QED) is 0.782. The minimum absolute atomic E-state index is 0.0810. The lowest BCUT2D eigenvalue weighted by molar-refractivity contribution is 0.183. The van der Waals surface area contributed by atoms with E-state index in [-0.39, 0.29) is 12.2 Å². The van der Waals surface area contributed by atoms with Crippen molar-refractivity contribution in [3.8, 4) is 0 Å². The predicted octanol–water partition coefficient (Wildman–Crippen LogP) is 2.15. The van der Waals surface area contributed by atoms with Crippen LogP contribution in [0.2, 0.25) is 0 Å². The molecule has 0 bridgehead atoms. The third-order valence-electron chi connectivity index (χ3n) is 1.93. The van der Waals surface area contributed by atoms with Gasteiger partial charge in [-0.1, -0.05) is 6.92 Å². The van der Waals surface area contributed by atoms with E-state index >= 15 is 0 Å². The van der Waals surface area contributed by atoms with Crippen LogP contribution in [0.4, 0.5) is 14.5 Å². The summed E-state index contributed by atoms with van der Waals surface area (Å²) in [5.74, 6) is -1.02. The van der Waals surface area contributed by atoms with Crippen LogP contribution in [-0.2, 0) is 0 Å². The third kappa shape index (κ3) is 2.96. The van der Waals surface area contributed by atoms with Crippen molar-refractivity contribution in [2.75, 3.05) is 11.9 Å². The van der Waals surface area contributed by atoms with Gasteiger partial charge in [-0.2, -0.15) is 0 Å². The van der Waals surface area contributed by atoms with Gasteiger partial charge in [0.15, 0.2) is 0 Å². The van der Waals surface area contributed by atoms with E-state index < -0.39 is 17.7 Å². The Morgan fingerprint density at radius 3 is 2.79 bits per heavy atom. The van der Waals surface area contributed by atoms with Crippen LogP contribution >= 0.6 is 0 Å². The van der Waals surface area contributed by atoms with Crippen LogP contribution < -0.4 is 5.32 Å². The predicted molar refractivity (Wildman–Crippen MR) is 51.1 cm³/mol. The highest BCUT2D eigenvalue weighted by Crippen LogP contribution is 2.15. The van der Waals surface area contributed by atoms with Crippen molar-refractivity contribution in [3.05, 3.63) is 29.8 Å². The fraction of sp³-hybridized carbons (Fsp3) is 0.400. The van der Waals surface area contributed by atoms with Crippen LogP contribution in [-0.4, -0.2) is 17.8 Å². The van der Waals surface area contributed by atoms with E-state index in [1.54, 1.807) is 0 Å². The number of hydrogen-bond donors (Lipinski definition) is 2. The third-order valence-corrected chi connectivity index (χ3v) is 1.93. The molecule has 14 heavy (non-hydrogen) atoms. The lowest BCUT2D eigenvalue weighted by Gasteiger charge is -2.11. The Bertz CT molecular complexity index is 304. The number of halogens is 2. The highest BCUT2D eigenvalue weighted by Gasteiger charge is 2.05. The number of aliphatic hydroxyl groups excluding tert-OH is 1. The van der Waals surface area contributed by atoms with Crippen LogP contribution in [0.3, 0.4) is 0 Å². The van der Waals surface area contributed by atoms with Gasteiger partial charge in [0, 0.05) is 6.54 Å². The molecule has 1 aromatic rings. The molecule has 0 saturated heterocycles. The molecule has 2 N–H and O–H groups in total. The Balaban J connectivity index is 2.62. The molecule has 0 radical (unpaired) electrons. The standard InChI is InChI=1S/C10H13F2NO/c1-2-8(14)6-13-10-5-7(11)3-4-9(10)12/h3-5,8,13-14H,2,6H2,1H3. The van der Waals surface area contributed by atoms with E-state index in [0.717, 1.165) is 18.2 Å². The summed E-state index contributed by atoms with van der Waals surface area (Å²) >= 11 is 0. The Labute approximate surface area is 81.6 Å². The van der Waals surface area contributed by atoms with Crippen molar-refractivity contribution in [1.29, 1.82) is 0 Å². The van der Waals surface area contributed by atoms with Gasteiger partial charge in [-0.3, -0.25) is 0 Å². The number of aliphatic hydroxyl groups is 1. The van der Waals surface area contributed by atoms with Crippen LogP contribution in [0.5, 0.6) is 0 Å². The molecule has 0 amide bonds. The fourth-order valence-corrected chi connectivity index (χ4v) is 1.01. The Kier molecular flexibility index (Phi) is 3.83. The molecule has 0 fully saturated rings. The van der Waals surface area contributed by atoms with E-state index in [0.29, 0.717) is 6.42 Å². The van der Waals surface area contributed by atoms with Gasteiger partial charge in [0.2, 0.25) is 0 Å². The minimum Gasteiger partial charge on any atom is -0.391 e. The van der Waals surface area contributed by atoms with E-state index in [9.17, 15) is 13.9 Å². The molecule has 1 atom stereocenters. The summed E-state index contributed by atoms with van der Waals surface area (Å²) in [7, 11) is 0. The zero-order chi connectivity index (χ0) is 10.6. The van der Waals surface area contributed by atoms with Gasteiger partial charge < -0.3 is 10.4 Å².